The first-order valence-electron chi connectivity index (χ1n) is 5.33. The highest BCUT2D eigenvalue weighted by atomic mass is 16.6. The molecule has 0 N–H and O–H groups in total. The van der Waals surface area contributed by atoms with Gasteiger partial charge in [-0.05, 0) is 11.6 Å². The Balaban J connectivity index is 2.31. The molecular formula is C14H16O3. The van der Waals surface area contributed by atoms with Gasteiger partial charge in [0, 0.05) is 6.08 Å². The lowest BCUT2D eigenvalue weighted by atomic mass is 10.2. The molecule has 3 nitrogen and oxygen atoms in total. The van der Waals surface area contributed by atoms with Crippen LogP contribution in [0.4, 0.5) is 0 Å². The highest BCUT2D eigenvalue weighted by Crippen LogP contribution is 2.03. The molecule has 0 amide bonds. The average molecular weight is 232 g/mol. The topological polar surface area (TPSA) is 35.5 Å². The minimum Gasteiger partial charge on any atom is -0.453 e. The van der Waals surface area contributed by atoms with Crippen molar-refractivity contribution in [3.8, 4) is 0 Å². The summed E-state index contributed by atoms with van der Waals surface area (Å²) < 4.78 is 10.4. The number of ether oxygens (including phenoxy) is 2. The van der Waals surface area contributed by atoms with Gasteiger partial charge < -0.3 is 9.47 Å². The quantitative estimate of drug-likeness (QED) is 0.411. The molecule has 0 saturated heterocycles. The minimum absolute atomic E-state index is 0.290. The smallest absolute Gasteiger partial charge is 0.330 e. The van der Waals surface area contributed by atoms with Crippen LogP contribution in [0.25, 0.3) is 0 Å². The molecule has 0 fully saturated rings. The van der Waals surface area contributed by atoms with E-state index in [9.17, 15) is 4.79 Å². The van der Waals surface area contributed by atoms with Crippen LogP contribution in [-0.2, 0) is 20.9 Å². The Morgan fingerprint density at radius 3 is 2.59 bits per heavy atom. The molecule has 0 bridgehead atoms. The van der Waals surface area contributed by atoms with Crippen molar-refractivity contribution < 1.29 is 14.3 Å². The van der Waals surface area contributed by atoms with Crippen molar-refractivity contribution in [3.63, 3.8) is 0 Å². The van der Waals surface area contributed by atoms with Crippen LogP contribution in [0.1, 0.15) is 5.56 Å². The molecule has 0 saturated carbocycles. The van der Waals surface area contributed by atoms with Crippen LogP contribution in [0, 0.1) is 0 Å². The van der Waals surface area contributed by atoms with Gasteiger partial charge in [-0.3, -0.25) is 0 Å². The molecule has 90 valence electrons. The Morgan fingerprint density at radius 2 is 2.00 bits per heavy atom. The fourth-order valence-electron chi connectivity index (χ4n) is 1.21. The number of benzene rings is 1. The Hall–Kier alpha value is -1.87. The zero-order valence-electron chi connectivity index (χ0n) is 9.67. The van der Waals surface area contributed by atoms with Gasteiger partial charge in [0.1, 0.15) is 6.10 Å². The van der Waals surface area contributed by atoms with Crippen LogP contribution >= 0.6 is 0 Å². The molecule has 0 aliphatic rings. The van der Waals surface area contributed by atoms with Crippen molar-refractivity contribution in [1.82, 2.24) is 0 Å². The molecular weight excluding hydrogens is 216 g/mol. The number of carbonyl (C=O) groups is 1. The van der Waals surface area contributed by atoms with Gasteiger partial charge >= 0.3 is 5.97 Å². The van der Waals surface area contributed by atoms with Crippen molar-refractivity contribution in [1.29, 1.82) is 0 Å². The normalized spacial score (nSPS) is 11.5. The second kappa shape index (κ2) is 7.41. The van der Waals surface area contributed by atoms with Crippen molar-refractivity contribution in [2.24, 2.45) is 0 Å². The van der Waals surface area contributed by atoms with Gasteiger partial charge in [-0.15, -0.1) is 0 Å². The van der Waals surface area contributed by atoms with E-state index < -0.39 is 12.1 Å². The van der Waals surface area contributed by atoms with Crippen molar-refractivity contribution in [3.05, 3.63) is 61.2 Å². The van der Waals surface area contributed by atoms with E-state index in [1.165, 1.54) is 6.08 Å². The molecule has 1 atom stereocenters. The maximum Gasteiger partial charge on any atom is 0.330 e. The summed E-state index contributed by atoms with van der Waals surface area (Å²) >= 11 is 0. The third-order valence-corrected chi connectivity index (χ3v) is 2.09. The molecule has 0 aromatic heterocycles. The van der Waals surface area contributed by atoms with E-state index in [1.54, 1.807) is 0 Å². The Bertz CT molecular complexity index is 370. The highest BCUT2D eigenvalue weighted by Gasteiger charge is 2.08. The number of hydrogen-bond acceptors (Lipinski definition) is 3. The summed E-state index contributed by atoms with van der Waals surface area (Å²) in [5.41, 5.74) is 1.07. The molecule has 3 heteroatoms. The van der Waals surface area contributed by atoms with E-state index in [0.29, 0.717) is 6.61 Å². The summed E-state index contributed by atoms with van der Waals surface area (Å²) in [5.74, 6) is -0.474. The third kappa shape index (κ3) is 5.13. The lowest BCUT2D eigenvalue weighted by Gasteiger charge is -2.13. The molecule has 1 rings (SSSR count). The largest absolute Gasteiger partial charge is 0.453 e. The van der Waals surface area contributed by atoms with E-state index in [1.807, 2.05) is 30.3 Å². The van der Waals surface area contributed by atoms with E-state index >= 15 is 0 Å². The summed E-state index contributed by atoms with van der Waals surface area (Å²) in [6, 6.07) is 9.78. The monoisotopic (exact) mass is 232 g/mol. The Labute approximate surface area is 101 Å². The van der Waals surface area contributed by atoms with Crippen LogP contribution in [0.3, 0.4) is 0 Å². The number of esters is 1. The highest BCUT2D eigenvalue weighted by molar-refractivity contribution is 5.81. The lowest BCUT2D eigenvalue weighted by Crippen LogP contribution is -2.20. The molecule has 0 spiro atoms. The summed E-state index contributed by atoms with van der Waals surface area (Å²) in [7, 11) is 0. The molecule has 0 aliphatic carbocycles. The van der Waals surface area contributed by atoms with Crippen molar-refractivity contribution >= 4 is 5.97 Å². The van der Waals surface area contributed by atoms with Gasteiger partial charge in [0.15, 0.2) is 0 Å². The molecule has 0 radical (unpaired) electrons. The van der Waals surface area contributed by atoms with Crippen LogP contribution in [0.15, 0.2) is 55.6 Å². The fourth-order valence-corrected chi connectivity index (χ4v) is 1.21. The first kappa shape index (κ1) is 13.2. The van der Waals surface area contributed by atoms with Gasteiger partial charge in [0.05, 0.1) is 13.2 Å². The summed E-state index contributed by atoms with van der Waals surface area (Å²) in [6.45, 7) is 7.68. The number of hydrogen-bond donors (Lipinski definition) is 0. The second-order valence-corrected chi connectivity index (χ2v) is 3.42. The van der Waals surface area contributed by atoms with Crippen molar-refractivity contribution in [2.75, 3.05) is 6.61 Å². The van der Waals surface area contributed by atoms with Crippen LogP contribution < -0.4 is 0 Å². The lowest BCUT2D eigenvalue weighted by molar-refractivity contribution is -0.143. The molecule has 1 aromatic rings. The van der Waals surface area contributed by atoms with Gasteiger partial charge in [-0.25, -0.2) is 4.79 Å². The van der Waals surface area contributed by atoms with Crippen molar-refractivity contribution in [2.45, 2.75) is 12.7 Å². The first-order valence-corrected chi connectivity index (χ1v) is 5.33. The predicted molar refractivity (Wildman–Crippen MR) is 66.4 cm³/mol. The third-order valence-electron chi connectivity index (χ3n) is 2.09. The average Bonchev–Trinajstić information content (AvgIpc) is 2.38. The van der Waals surface area contributed by atoms with E-state index in [-0.39, 0.29) is 6.61 Å². The summed E-state index contributed by atoms with van der Waals surface area (Å²) in [6.07, 6.45) is 2.21. The van der Waals surface area contributed by atoms with Gasteiger partial charge in [0.2, 0.25) is 0 Å². The maximum absolute atomic E-state index is 11.0. The van der Waals surface area contributed by atoms with Crippen LogP contribution in [0.2, 0.25) is 0 Å². The molecule has 0 unspecified atom stereocenters. The maximum atomic E-state index is 11.0. The van der Waals surface area contributed by atoms with Crippen LogP contribution in [0.5, 0.6) is 0 Å². The van der Waals surface area contributed by atoms with Gasteiger partial charge in [0.25, 0.3) is 0 Å². The predicted octanol–water partition coefficient (Wildman–Crippen LogP) is 2.49. The molecule has 0 heterocycles. The summed E-state index contributed by atoms with van der Waals surface area (Å²) in [5, 5.41) is 0. The van der Waals surface area contributed by atoms with E-state index in [4.69, 9.17) is 9.47 Å². The Morgan fingerprint density at radius 1 is 1.29 bits per heavy atom. The first-order chi connectivity index (χ1) is 8.26. The zero-order chi connectivity index (χ0) is 12.5. The number of rotatable bonds is 7. The number of carbonyl (C=O) groups excluding carboxylic acids is 1. The molecule has 1 aromatic carbocycles. The standard InChI is InChI=1S/C14H16O3/c1-3-13(17-14(15)4-2)11-16-10-12-8-6-5-7-9-12/h3-9,13H,1-2,10-11H2/t13-/m0/s1. The summed E-state index contributed by atoms with van der Waals surface area (Å²) in [4.78, 5) is 11.0. The molecule has 0 aliphatic heterocycles. The fraction of sp³-hybridized carbons (Fsp3) is 0.214. The van der Waals surface area contributed by atoms with E-state index in [0.717, 1.165) is 11.6 Å². The van der Waals surface area contributed by atoms with Gasteiger partial charge in [-0.1, -0.05) is 43.5 Å². The SMILES string of the molecule is C=CC(=O)O[C@@H](C=C)COCc1ccccc1. The van der Waals surface area contributed by atoms with Gasteiger partial charge in [-0.2, -0.15) is 0 Å². The van der Waals surface area contributed by atoms with Crippen LogP contribution in [-0.4, -0.2) is 18.7 Å². The van der Waals surface area contributed by atoms with E-state index in [2.05, 4.69) is 13.2 Å². The second-order valence-electron chi connectivity index (χ2n) is 3.42. The zero-order valence-corrected chi connectivity index (χ0v) is 9.67. The molecule has 17 heavy (non-hydrogen) atoms. The Kier molecular flexibility index (Phi) is 5.75. The minimum atomic E-state index is -0.474.